The molecule has 5 aliphatic rings. The van der Waals surface area contributed by atoms with E-state index in [9.17, 15) is 0 Å². The molecule has 130 valence electrons. The molecule has 0 unspecified atom stereocenters. The molecule has 0 amide bonds. The molecule has 0 radical (unpaired) electrons. The highest BCUT2D eigenvalue weighted by Gasteiger charge is 2.79. The Balaban J connectivity index is 0.000000439. The standard InChI is InChI=1S/C19H22N2O.CO2/c1-3-12-10-21-16-8-13(12)11(2)18-9-17(21)22-19(16,18)20-15-7-5-4-6-14(15)18;2-1-3/h3-7,11,13,16-17,20H,8-10H2,1-2H3;/b12-3+;/t11-,13-,16+,17-,18+,19-;/m1./s1. The molecule has 6 rings (SSSR count). The van der Waals surface area contributed by atoms with Crippen molar-refractivity contribution in [2.75, 3.05) is 11.9 Å². The molecule has 1 saturated carbocycles. The van der Waals surface area contributed by atoms with Gasteiger partial charge >= 0.3 is 6.15 Å². The minimum atomic E-state index is -0.170. The highest BCUT2D eigenvalue weighted by atomic mass is 16.6. The van der Waals surface area contributed by atoms with Crippen LogP contribution in [0.25, 0.3) is 0 Å². The van der Waals surface area contributed by atoms with Crippen LogP contribution < -0.4 is 5.32 Å². The van der Waals surface area contributed by atoms with Crippen molar-refractivity contribution in [3.05, 3.63) is 41.5 Å². The van der Waals surface area contributed by atoms with E-state index in [-0.39, 0.29) is 17.3 Å². The zero-order valence-electron chi connectivity index (χ0n) is 14.5. The second-order valence-corrected chi connectivity index (χ2v) is 7.92. The van der Waals surface area contributed by atoms with E-state index >= 15 is 0 Å². The number of ether oxygens (including phenoxy) is 1. The molecule has 3 saturated heterocycles. The Labute approximate surface area is 147 Å². The van der Waals surface area contributed by atoms with Gasteiger partial charge in [-0.3, -0.25) is 4.90 Å². The lowest BCUT2D eigenvalue weighted by molar-refractivity contribution is -0.191. The largest absolute Gasteiger partial charge is 0.373 e. The lowest BCUT2D eigenvalue weighted by atomic mass is 9.50. The summed E-state index contributed by atoms with van der Waals surface area (Å²) in [5.41, 5.74) is 4.45. The average molecular weight is 338 g/mol. The molecule has 4 bridgehead atoms. The molecule has 0 aromatic heterocycles. The van der Waals surface area contributed by atoms with Crippen molar-refractivity contribution >= 4 is 11.8 Å². The number of hydrogen-bond acceptors (Lipinski definition) is 5. The van der Waals surface area contributed by atoms with Crippen LogP contribution in [0.2, 0.25) is 0 Å². The number of fused-ring (bicyclic) bond motifs is 4. The third-order valence-electron chi connectivity index (χ3n) is 7.52. The van der Waals surface area contributed by atoms with Crippen molar-refractivity contribution < 1.29 is 14.3 Å². The zero-order chi connectivity index (χ0) is 17.4. The molecule has 5 nitrogen and oxygen atoms in total. The molecule has 4 heterocycles. The van der Waals surface area contributed by atoms with Gasteiger partial charge < -0.3 is 10.1 Å². The summed E-state index contributed by atoms with van der Waals surface area (Å²) in [5, 5.41) is 3.86. The van der Waals surface area contributed by atoms with Gasteiger partial charge in [-0.25, -0.2) is 0 Å². The van der Waals surface area contributed by atoms with Crippen molar-refractivity contribution in [2.24, 2.45) is 11.8 Å². The lowest BCUT2D eigenvalue weighted by Gasteiger charge is -2.60. The number of anilines is 1. The van der Waals surface area contributed by atoms with E-state index in [4.69, 9.17) is 14.3 Å². The molecule has 5 heteroatoms. The Morgan fingerprint density at radius 3 is 2.88 bits per heavy atom. The van der Waals surface area contributed by atoms with Gasteiger partial charge in [0.1, 0.15) is 6.23 Å². The van der Waals surface area contributed by atoms with Crippen LogP contribution in [0.5, 0.6) is 0 Å². The molecule has 25 heavy (non-hydrogen) atoms. The fraction of sp³-hybridized carbons (Fsp3) is 0.550. The first-order valence-corrected chi connectivity index (χ1v) is 9.08. The van der Waals surface area contributed by atoms with Gasteiger partial charge in [-0.2, -0.15) is 9.59 Å². The summed E-state index contributed by atoms with van der Waals surface area (Å²) >= 11 is 0. The SMILES string of the molecule is C/C=C1\CN2[C@H]3C[C@@H]1[C@@H](C)[C@]14C[C@H]2O[C@]31Nc1ccccc14.O=C=O. The number of hydrogen-bond donors (Lipinski definition) is 1. The Bertz CT molecular complexity index is 815. The van der Waals surface area contributed by atoms with Crippen LogP contribution in [-0.4, -0.2) is 35.6 Å². The topological polar surface area (TPSA) is 58.6 Å². The van der Waals surface area contributed by atoms with Gasteiger partial charge in [0.15, 0.2) is 5.72 Å². The molecule has 1 spiro atoms. The summed E-state index contributed by atoms with van der Waals surface area (Å²) in [5.74, 6) is 1.36. The van der Waals surface area contributed by atoms with Crippen LogP contribution in [0, 0.1) is 11.8 Å². The molecular formula is C20H22N2O3. The molecule has 1 aromatic carbocycles. The monoisotopic (exact) mass is 338 g/mol. The number of allylic oxidation sites excluding steroid dienone is 1. The Morgan fingerprint density at radius 2 is 2.12 bits per heavy atom. The van der Waals surface area contributed by atoms with Gasteiger partial charge in [-0.15, -0.1) is 0 Å². The number of nitrogens with zero attached hydrogens (tertiary/aromatic N) is 1. The van der Waals surface area contributed by atoms with Crippen molar-refractivity contribution in [3.63, 3.8) is 0 Å². The minimum absolute atomic E-state index is 0.160. The molecule has 4 fully saturated rings. The average Bonchev–Trinajstić information content (AvgIpc) is 3.22. The molecular weight excluding hydrogens is 316 g/mol. The third kappa shape index (κ3) is 1.49. The van der Waals surface area contributed by atoms with E-state index in [1.807, 2.05) is 0 Å². The van der Waals surface area contributed by atoms with E-state index < -0.39 is 0 Å². The summed E-state index contributed by atoms with van der Waals surface area (Å²) in [6, 6.07) is 9.46. The number of carbonyl (C=O) groups excluding carboxylic acids is 2. The maximum atomic E-state index is 8.12. The van der Waals surface area contributed by atoms with Crippen LogP contribution in [0.1, 0.15) is 32.3 Å². The maximum Gasteiger partial charge on any atom is 0.373 e. The normalized spacial score (nSPS) is 46.1. The first kappa shape index (κ1) is 15.3. The Morgan fingerprint density at radius 1 is 1.36 bits per heavy atom. The van der Waals surface area contributed by atoms with Crippen molar-refractivity contribution in [1.82, 2.24) is 4.90 Å². The Hall–Kier alpha value is -1.94. The summed E-state index contributed by atoms with van der Waals surface area (Å²) in [7, 11) is 0. The molecule has 1 aromatic rings. The first-order valence-electron chi connectivity index (χ1n) is 9.08. The molecule has 1 N–H and O–H groups in total. The van der Waals surface area contributed by atoms with Gasteiger partial charge in [0.2, 0.25) is 0 Å². The minimum Gasteiger partial charge on any atom is -0.355 e. The van der Waals surface area contributed by atoms with Crippen LogP contribution in [-0.2, 0) is 19.7 Å². The van der Waals surface area contributed by atoms with Crippen LogP contribution in [0.3, 0.4) is 0 Å². The second kappa shape index (κ2) is 4.82. The van der Waals surface area contributed by atoms with Gasteiger partial charge in [0.05, 0.1) is 11.5 Å². The Kier molecular flexibility index (Phi) is 2.95. The van der Waals surface area contributed by atoms with Crippen molar-refractivity contribution in [2.45, 2.75) is 50.1 Å². The smallest absolute Gasteiger partial charge is 0.355 e. The molecule has 6 atom stereocenters. The quantitative estimate of drug-likeness (QED) is 0.737. The van der Waals surface area contributed by atoms with E-state index in [0.717, 1.165) is 18.9 Å². The van der Waals surface area contributed by atoms with Gasteiger partial charge in [0, 0.05) is 18.7 Å². The number of nitrogens with one attached hydrogen (secondary N) is 1. The lowest BCUT2D eigenvalue weighted by Crippen LogP contribution is -2.71. The second-order valence-electron chi connectivity index (χ2n) is 7.92. The zero-order valence-corrected chi connectivity index (χ0v) is 14.5. The number of para-hydroxylation sites is 1. The van der Waals surface area contributed by atoms with Crippen LogP contribution >= 0.6 is 0 Å². The predicted molar refractivity (Wildman–Crippen MR) is 90.5 cm³/mol. The van der Waals surface area contributed by atoms with E-state index in [1.165, 1.54) is 17.7 Å². The summed E-state index contributed by atoms with van der Waals surface area (Å²) in [6.07, 6.45) is 5.32. The highest BCUT2D eigenvalue weighted by Crippen LogP contribution is 2.71. The summed E-state index contributed by atoms with van der Waals surface area (Å²) < 4.78 is 6.71. The molecule has 4 aliphatic heterocycles. The molecule has 1 aliphatic carbocycles. The van der Waals surface area contributed by atoms with E-state index in [1.54, 1.807) is 5.57 Å². The fourth-order valence-electron chi connectivity index (χ4n) is 6.68. The number of rotatable bonds is 0. The van der Waals surface area contributed by atoms with Gasteiger partial charge in [0.25, 0.3) is 0 Å². The highest BCUT2D eigenvalue weighted by molar-refractivity contribution is 5.67. The number of benzene rings is 1. The van der Waals surface area contributed by atoms with Crippen molar-refractivity contribution in [1.29, 1.82) is 0 Å². The van der Waals surface area contributed by atoms with Gasteiger partial charge in [-0.1, -0.05) is 36.8 Å². The number of piperidine rings is 2. The summed E-state index contributed by atoms with van der Waals surface area (Å²) in [4.78, 5) is 18.9. The van der Waals surface area contributed by atoms with Gasteiger partial charge in [-0.05, 0) is 36.8 Å². The maximum absolute atomic E-state index is 8.12. The van der Waals surface area contributed by atoms with Crippen LogP contribution in [0.4, 0.5) is 5.69 Å². The summed E-state index contributed by atoms with van der Waals surface area (Å²) in [6.45, 7) is 5.80. The van der Waals surface area contributed by atoms with E-state index in [2.05, 4.69) is 54.4 Å². The first-order chi connectivity index (χ1) is 12.1. The van der Waals surface area contributed by atoms with Crippen LogP contribution in [0.15, 0.2) is 35.9 Å². The van der Waals surface area contributed by atoms with E-state index in [0.29, 0.717) is 18.2 Å². The third-order valence-corrected chi connectivity index (χ3v) is 7.52. The predicted octanol–water partition coefficient (Wildman–Crippen LogP) is 2.51. The fourth-order valence-corrected chi connectivity index (χ4v) is 6.68. The van der Waals surface area contributed by atoms with Crippen molar-refractivity contribution in [3.8, 4) is 0 Å².